The summed E-state index contributed by atoms with van der Waals surface area (Å²) >= 11 is 0. The Labute approximate surface area is 46.1 Å². The molecule has 42 valence electrons. The number of rotatable bonds is 3. The third-order valence-electron chi connectivity index (χ3n) is 0.568. The first kappa shape index (κ1) is 6.96. The average molecular weight is 99.2 g/mol. The second-order valence-electron chi connectivity index (χ2n) is 1.83. The number of nitrogens with one attached hydrogen (secondary N) is 1. The Bertz CT molecular complexity index is 33.2. The summed E-state index contributed by atoms with van der Waals surface area (Å²) in [6, 6.07) is 0.542. The van der Waals surface area contributed by atoms with Crippen molar-refractivity contribution in [3.63, 3.8) is 0 Å². The molecule has 0 aliphatic heterocycles. The van der Waals surface area contributed by atoms with Gasteiger partial charge in [0.1, 0.15) is 0 Å². The number of hydrogen-bond donors (Lipinski definition) is 1. The minimum absolute atomic E-state index is 0.542. The van der Waals surface area contributed by atoms with E-state index in [2.05, 4.69) is 32.6 Å². The monoisotopic (exact) mass is 99.1 g/mol. The highest BCUT2D eigenvalue weighted by molar-refractivity contribution is 4.61. The highest BCUT2D eigenvalue weighted by Crippen LogP contribution is 1.81. The molecular formula is C6H13N. The predicted molar refractivity (Wildman–Crippen MR) is 31.8 cm³/mol. The summed E-state index contributed by atoms with van der Waals surface area (Å²) in [6.45, 7) is 9.26. The molecule has 1 nitrogen and oxygen atoms in total. The van der Waals surface area contributed by atoms with Gasteiger partial charge in [0.2, 0.25) is 0 Å². The molecule has 0 atom stereocenters. The van der Waals surface area contributed by atoms with Crippen molar-refractivity contribution in [3.8, 4) is 0 Å². The van der Waals surface area contributed by atoms with E-state index >= 15 is 0 Å². The van der Waals surface area contributed by atoms with Gasteiger partial charge in [-0.1, -0.05) is 20.8 Å². The van der Waals surface area contributed by atoms with Crippen molar-refractivity contribution in [1.82, 2.24) is 5.32 Å². The molecule has 0 saturated heterocycles. The molecule has 7 heavy (non-hydrogen) atoms. The molecule has 0 aromatic heterocycles. The smallest absolute Gasteiger partial charge is 0.0585 e. The maximum atomic E-state index is 3.05. The molecule has 1 heteroatoms. The van der Waals surface area contributed by atoms with Gasteiger partial charge in [0.25, 0.3) is 0 Å². The molecule has 0 aliphatic carbocycles. The Kier molecular flexibility index (Phi) is 4.10. The zero-order chi connectivity index (χ0) is 5.70. The highest BCUT2D eigenvalue weighted by atomic mass is 14.9. The van der Waals surface area contributed by atoms with Crippen molar-refractivity contribution < 1.29 is 0 Å². The van der Waals surface area contributed by atoms with E-state index in [9.17, 15) is 0 Å². The minimum Gasteiger partial charge on any atom is -0.306 e. The van der Waals surface area contributed by atoms with Gasteiger partial charge in [0.15, 0.2) is 0 Å². The highest BCUT2D eigenvalue weighted by Gasteiger charge is 1.86. The van der Waals surface area contributed by atoms with Crippen LogP contribution in [0.5, 0.6) is 0 Å². The van der Waals surface area contributed by atoms with Crippen molar-refractivity contribution in [3.05, 3.63) is 6.54 Å². The van der Waals surface area contributed by atoms with E-state index in [1.165, 1.54) is 0 Å². The standard InChI is InChI=1S/C6H13N/c1-4-5-7-6(2)3/h6-7H,4H2,1-3H3. The van der Waals surface area contributed by atoms with Crippen LogP contribution in [-0.2, 0) is 0 Å². The molecule has 0 saturated carbocycles. The number of hydrogen-bond acceptors (Lipinski definition) is 1. The van der Waals surface area contributed by atoms with Crippen LogP contribution in [-0.4, -0.2) is 6.04 Å². The Hall–Kier alpha value is -0.0400. The van der Waals surface area contributed by atoms with Crippen molar-refractivity contribution in [2.24, 2.45) is 0 Å². The van der Waals surface area contributed by atoms with E-state index in [1.807, 2.05) is 0 Å². The molecule has 0 unspecified atom stereocenters. The zero-order valence-electron chi connectivity index (χ0n) is 5.28. The van der Waals surface area contributed by atoms with Crippen LogP contribution in [0.3, 0.4) is 0 Å². The van der Waals surface area contributed by atoms with Crippen molar-refractivity contribution >= 4 is 0 Å². The maximum absolute atomic E-state index is 3.05. The maximum Gasteiger partial charge on any atom is 0.0585 e. The normalized spacial score (nSPS) is 10.3. The van der Waals surface area contributed by atoms with E-state index in [-0.39, 0.29) is 0 Å². The van der Waals surface area contributed by atoms with Crippen molar-refractivity contribution in [2.75, 3.05) is 0 Å². The largest absolute Gasteiger partial charge is 0.306 e. The fourth-order valence-electron chi connectivity index (χ4n) is 0.306. The summed E-state index contributed by atoms with van der Waals surface area (Å²) in [6.07, 6.45) is 0.984. The lowest BCUT2D eigenvalue weighted by Gasteiger charge is -2.02. The summed E-state index contributed by atoms with van der Waals surface area (Å²) in [5, 5.41) is 3.05. The molecule has 0 bridgehead atoms. The summed E-state index contributed by atoms with van der Waals surface area (Å²) in [5.74, 6) is 0. The predicted octanol–water partition coefficient (Wildman–Crippen LogP) is 1.43. The first-order valence-corrected chi connectivity index (χ1v) is 2.75. The fourth-order valence-corrected chi connectivity index (χ4v) is 0.306. The van der Waals surface area contributed by atoms with Gasteiger partial charge in [-0.15, -0.1) is 0 Å². The van der Waals surface area contributed by atoms with Gasteiger partial charge in [-0.25, -0.2) is 0 Å². The van der Waals surface area contributed by atoms with Crippen LogP contribution in [0.2, 0.25) is 0 Å². The molecule has 0 rings (SSSR count). The molecule has 0 fully saturated rings. The summed E-state index contributed by atoms with van der Waals surface area (Å²) in [7, 11) is 0. The van der Waals surface area contributed by atoms with Gasteiger partial charge in [-0.05, 0) is 6.42 Å². The second kappa shape index (κ2) is 4.13. The Balaban J connectivity index is 2.68. The third-order valence-corrected chi connectivity index (χ3v) is 0.568. The third kappa shape index (κ3) is 5.96. The van der Waals surface area contributed by atoms with Gasteiger partial charge in [-0.3, -0.25) is 0 Å². The molecule has 0 aliphatic rings. The van der Waals surface area contributed by atoms with E-state index in [0.717, 1.165) is 6.42 Å². The van der Waals surface area contributed by atoms with Crippen LogP contribution in [0.1, 0.15) is 27.2 Å². The topological polar surface area (TPSA) is 12.0 Å². The van der Waals surface area contributed by atoms with Crippen LogP contribution in [0, 0.1) is 6.54 Å². The lowest BCUT2D eigenvalue weighted by molar-refractivity contribution is 0.644. The van der Waals surface area contributed by atoms with Gasteiger partial charge in [-0.2, -0.15) is 0 Å². The average Bonchev–Trinajstić information content (AvgIpc) is 1.61. The SMILES string of the molecule is CC[C]NC(C)C. The molecule has 0 heterocycles. The van der Waals surface area contributed by atoms with Gasteiger partial charge < -0.3 is 5.32 Å². The lowest BCUT2D eigenvalue weighted by Crippen LogP contribution is -2.18. The molecule has 0 aromatic carbocycles. The van der Waals surface area contributed by atoms with Gasteiger partial charge in [0.05, 0.1) is 6.54 Å². The first-order valence-electron chi connectivity index (χ1n) is 2.75. The van der Waals surface area contributed by atoms with Crippen LogP contribution >= 0.6 is 0 Å². The molecule has 0 amide bonds. The molecular weight excluding hydrogens is 86.1 g/mol. The summed E-state index contributed by atoms with van der Waals surface area (Å²) < 4.78 is 0. The van der Waals surface area contributed by atoms with Crippen molar-refractivity contribution in [1.29, 1.82) is 0 Å². The van der Waals surface area contributed by atoms with Gasteiger partial charge >= 0.3 is 0 Å². The molecule has 1 N–H and O–H groups in total. The second-order valence-corrected chi connectivity index (χ2v) is 1.83. The van der Waals surface area contributed by atoms with Crippen LogP contribution in [0.25, 0.3) is 0 Å². The van der Waals surface area contributed by atoms with Gasteiger partial charge in [0, 0.05) is 6.04 Å². The Morgan fingerprint density at radius 1 is 1.57 bits per heavy atom. The Morgan fingerprint density at radius 2 is 2.14 bits per heavy atom. The van der Waals surface area contributed by atoms with E-state index in [1.54, 1.807) is 0 Å². The van der Waals surface area contributed by atoms with Crippen LogP contribution < -0.4 is 5.32 Å². The molecule has 0 spiro atoms. The van der Waals surface area contributed by atoms with Crippen molar-refractivity contribution in [2.45, 2.75) is 33.2 Å². The fraction of sp³-hybridized carbons (Fsp3) is 0.833. The van der Waals surface area contributed by atoms with E-state index < -0.39 is 0 Å². The summed E-state index contributed by atoms with van der Waals surface area (Å²) in [5.41, 5.74) is 0. The molecule has 2 radical (unpaired) electrons. The van der Waals surface area contributed by atoms with E-state index in [4.69, 9.17) is 0 Å². The zero-order valence-corrected chi connectivity index (χ0v) is 5.28. The van der Waals surface area contributed by atoms with Crippen LogP contribution in [0.4, 0.5) is 0 Å². The van der Waals surface area contributed by atoms with E-state index in [0.29, 0.717) is 6.04 Å². The quantitative estimate of drug-likeness (QED) is 0.528. The lowest BCUT2D eigenvalue weighted by atomic mass is 10.4. The molecule has 0 aromatic rings. The van der Waals surface area contributed by atoms with Crippen LogP contribution in [0.15, 0.2) is 0 Å². The first-order chi connectivity index (χ1) is 3.27. The minimum atomic E-state index is 0.542. The Morgan fingerprint density at radius 3 is 2.29 bits per heavy atom. The summed E-state index contributed by atoms with van der Waals surface area (Å²) in [4.78, 5) is 0.